The van der Waals surface area contributed by atoms with E-state index in [1.807, 2.05) is 18.2 Å². The lowest BCUT2D eigenvalue weighted by molar-refractivity contribution is -0.567. The molecular weight excluding hydrogens is 337 g/mol. The molecule has 1 N–H and O–H groups in total. The van der Waals surface area contributed by atoms with Gasteiger partial charge in [-0.2, -0.15) is 4.57 Å². The zero-order chi connectivity index (χ0) is 19.0. The SMILES string of the molecule is CC(C)[C@]1(O)CC[C@@H](c2cc[n+](-c3ccc(F)cc3)c3ccccc32)CC1. The number of fused-ring (bicyclic) bond motifs is 1. The van der Waals surface area contributed by atoms with Crippen molar-refractivity contribution < 1.29 is 14.1 Å². The molecule has 0 atom stereocenters. The van der Waals surface area contributed by atoms with Crippen LogP contribution in [0.25, 0.3) is 16.6 Å². The van der Waals surface area contributed by atoms with E-state index in [0.29, 0.717) is 11.8 Å². The third-order valence-electron chi connectivity index (χ3n) is 6.35. The van der Waals surface area contributed by atoms with Crippen molar-refractivity contribution in [1.82, 2.24) is 0 Å². The highest BCUT2D eigenvalue weighted by molar-refractivity contribution is 5.80. The van der Waals surface area contributed by atoms with Crippen LogP contribution in [-0.2, 0) is 0 Å². The molecule has 4 rings (SSSR count). The molecule has 2 nitrogen and oxygen atoms in total. The van der Waals surface area contributed by atoms with Gasteiger partial charge in [-0.25, -0.2) is 4.39 Å². The van der Waals surface area contributed by atoms with Crippen LogP contribution in [0.4, 0.5) is 4.39 Å². The van der Waals surface area contributed by atoms with E-state index in [1.165, 1.54) is 23.1 Å². The van der Waals surface area contributed by atoms with Crippen molar-refractivity contribution in [1.29, 1.82) is 0 Å². The molecule has 1 aliphatic carbocycles. The van der Waals surface area contributed by atoms with Crippen LogP contribution in [0.5, 0.6) is 0 Å². The number of nitrogens with zero attached hydrogens (tertiary/aromatic N) is 1. The number of rotatable bonds is 3. The van der Waals surface area contributed by atoms with Crippen LogP contribution in [-0.4, -0.2) is 10.7 Å². The van der Waals surface area contributed by atoms with E-state index in [1.54, 1.807) is 0 Å². The fraction of sp³-hybridized carbons (Fsp3) is 0.375. The molecule has 1 aromatic heterocycles. The summed E-state index contributed by atoms with van der Waals surface area (Å²) in [5.74, 6) is 0.545. The molecule has 2 aromatic carbocycles. The molecule has 0 bridgehead atoms. The minimum absolute atomic E-state index is 0.222. The Balaban J connectivity index is 1.72. The van der Waals surface area contributed by atoms with Crippen molar-refractivity contribution in [2.45, 2.75) is 51.0 Å². The maximum absolute atomic E-state index is 13.3. The van der Waals surface area contributed by atoms with Gasteiger partial charge in [-0.15, -0.1) is 0 Å². The summed E-state index contributed by atoms with van der Waals surface area (Å²) in [4.78, 5) is 0. The molecule has 3 heteroatoms. The molecule has 1 aliphatic rings. The zero-order valence-corrected chi connectivity index (χ0v) is 16.0. The number of halogens is 1. The molecule has 1 heterocycles. The summed E-state index contributed by atoms with van der Waals surface area (Å²) in [7, 11) is 0. The summed E-state index contributed by atoms with van der Waals surface area (Å²) in [6.07, 6.45) is 5.83. The Morgan fingerprint density at radius 1 is 1.00 bits per heavy atom. The average molecular weight is 364 g/mol. The van der Waals surface area contributed by atoms with Crippen molar-refractivity contribution >= 4 is 10.9 Å². The third-order valence-corrected chi connectivity index (χ3v) is 6.35. The minimum Gasteiger partial charge on any atom is -0.390 e. The Morgan fingerprint density at radius 3 is 2.33 bits per heavy atom. The fourth-order valence-corrected chi connectivity index (χ4v) is 4.44. The molecule has 3 aromatic rings. The Labute approximate surface area is 160 Å². The smallest absolute Gasteiger partial charge is 0.218 e. The molecule has 1 fully saturated rings. The number of aliphatic hydroxyl groups is 1. The highest BCUT2D eigenvalue weighted by Crippen LogP contribution is 2.42. The van der Waals surface area contributed by atoms with Crippen LogP contribution in [0.3, 0.4) is 0 Å². The Hall–Kier alpha value is -2.26. The van der Waals surface area contributed by atoms with Gasteiger partial charge >= 0.3 is 0 Å². The van der Waals surface area contributed by atoms with Crippen LogP contribution in [0, 0.1) is 11.7 Å². The van der Waals surface area contributed by atoms with E-state index in [0.717, 1.165) is 36.9 Å². The average Bonchev–Trinajstić information content (AvgIpc) is 2.69. The van der Waals surface area contributed by atoms with Gasteiger partial charge in [0.1, 0.15) is 5.82 Å². The van der Waals surface area contributed by atoms with E-state index in [2.05, 4.69) is 48.9 Å². The van der Waals surface area contributed by atoms with E-state index in [4.69, 9.17) is 0 Å². The second-order valence-electron chi connectivity index (χ2n) is 8.17. The first-order chi connectivity index (χ1) is 13.0. The minimum atomic E-state index is -0.519. The first-order valence-electron chi connectivity index (χ1n) is 9.89. The van der Waals surface area contributed by atoms with Gasteiger partial charge in [-0.3, -0.25) is 0 Å². The second kappa shape index (κ2) is 7.05. The first-order valence-corrected chi connectivity index (χ1v) is 9.89. The molecule has 27 heavy (non-hydrogen) atoms. The molecule has 0 saturated heterocycles. The standard InChI is InChI=1S/C24H27FNO/c1-17(2)24(27)14-11-18(12-15-24)21-13-16-26(20-9-7-19(25)8-10-20)23-6-4-3-5-22(21)23/h3-10,13,16-18,27H,11-12,14-15H2,1-2H3/q+1/t18-,24+. The van der Waals surface area contributed by atoms with Gasteiger partial charge in [-0.05, 0) is 61.3 Å². The lowest BCUT2D eigenvalue weighted by Crippen LogP contribution is -2.39. The monoisotopic (exact) mass is 364 g/mol. The van der Waals surface area contributed by atoms with Gasteiger partial charge < -0.3 is 5.11 Å². The Morgan fingerprint density at radius 2 is 1.67 bits per heavy atom. The summed E-state index contributed by atoms with van der Waals surface area (Å²) in [6.45, 7) is 4.23. The lowest BCUT2D eigenvalue weighted by atomic mass is 9.71. The van der Waals surface area contributed by atoms with E-state index < -0.39 is 5.60 Å². The van der Waals surface area contributed by atoms with E-state index in [-0.39, 0.29) is 5.82 Å². The molecular formula is C24H27FNO+. The Bertz CT molecular complexity index is 940. The number of hydrogen-bond donors (Lipinski definition) is 1. The summed E-state index contributed by atoms with van der Waals surface area (Å²) in [5.41, 5.74) is 2.92. The van der Waals surface area contributed by atoms with Crippen molar-refractivity contribution in [2.75, 3.05) is 0 Å². The fourth-order valence-electron chi connectivity index (χ4n) is 4.44. The second-order valence-corrected chi connectivity index (χ2v) is 8.17. The highest BCUT2D eigenvalue weighted by Gasteiger charge is 2.37. The number of aromatic nitrogens is 1. The topological polar surface area (TPSA) is 24.1 Å². The van der Waals surface area contributed by atoms with Gasteiger partial charge in [0, 0.05) is 24.3 Å². The predicted molar refractivity (Wildman–Crippen MR) is 106 cm³/mol. The number of hydrogen-bond acceptors (Lipinski definition) is 1. The summed E-state index contributed by atoms with van der Waals surface area (Å²) >= 11 is 0. The van der Waals surface area contributed by atoms with Gasteiger partial charge in [0.2, 0.25) is 11.2 Å². The van der Waals surface area contributed by atoms with Crippen LogP contribution in [0.15, 0.2) is 60.8 Å². The zero-order valence-electron chi connectivity index (χ0n) is 16.0. The summed E-state index contributed by atoms with van der Waals surface area (Å²) in [6, 6.07) is 17.2. The molecule has 0 unspecified atom stereocenters. The number of para-hydroxylation sites is 1. The normalized spacial score (nSPS) is 23.1. The third kappa shape index (κ3) is 3.37. The largest absolute Gasteiger partial charge is 0.390 e. The van der Waals surface area contributed by atoms with E-state index >= 15 is 0 Å². The maximum atomic E-state index is 13.3. The van der Waals surface area contributed by atoms with E-state index in [9.17, 15) is 9.50 Å². The summed E-state index contributed by atoms with van der Waals surface area (Å²) in [5, 5.41) is 12.0. The lowest BCUT2D eigenvalue weighted by Gasteiger charge is -2.39. The van der Waals surface area contributed by atoms with Crippen LogP contribution in [0.1, 0.15) is 51.0 Å². The van der Waals surface area contributed by atoms with Gasteiger partial charge in [0.15, 0.2) is 6.20 Å². The molecule has 0 radical (unpaired) electrons. The molecule has 0 aliphatic heterocycles. The molecule has 0 amide bonds. The number of benzene rings is 2. The molecule has 1 saturated carbocycles. The summed E-state index contributed by atoms with van der Waals surface area (Å²) < 4.78 is 15.4. The quantitative estimate of drug-likeness (QED) is 0.627. The van der Waals surface area contributed by atoms with Crippen molar-refractivity contribution in [3.8, 4) is 5.69 Å². The van der Waals surface area contributed by atoms with Crippen molar-refractivity contribution in [3.05, 3.63) is 72.2 Å². The van der Waals surface area contributed by atoms with Crippen molar-refractivity contribution in [3.63, 3.8) is 0 Å². The highest BCUT2D eigenvalue weighted by atomic mass is 19.1. The van der Waals surface area contributed by atoms with Gasteiger partial charge in [0.25, 0.3) is 0 Å². The van der Waals surface area contributed by atoms with Crippen molar-refractivity contribution in [2.24, 2.45) is 5.92 Å². The predicted octanol–water partition coefficient (Wildman–Crippen LogP) is 5.30. The van der Waals surface area contributed by atoms with Gasteiger partial charge in [-0.1, -0.05) is 26.0 Å². The first kappa shape index (κ1) is 18.1. The Kier molecular flexibility index (Phi) is 4.73. The van der Waals surface area contributed by atoms with Crippen LogP contribution >= 0.6 is 0 Å². The van der Waals surface area contributed by atoms with Crippen LogP contribution < -0.4 is 4.57 Å². The maximum Gasteiger partial charge on any atom is 0.218 e. The van der Waals surface area contributed by atoms with Crippen LogP contribution in [0.2, 0.25) is 0 Å². The van der Waals surface area contributed by atoms with Gasteiger partial charge in [0.05, 0.1) is 11.0 Å². The number of pyridine rings is 1. The molecule has 0 spiro atoms. The molecule has 140 valence electrons.